The largest absolute Gasteiger partial charge is 0.361 e. The van der Waals surface area contributed by atoms with Crippen molar-refractivity contribution in [1.29, 1.82) is 0 Å². The van der Waals surface area contributed by atoms with E-state index in [9.17, 15) is 4.79 Å². The van der Waals surface area contributed by atoms with Gasteiger partial charge in [0.2, 0.25) is 5.91 Å². The Morgan fingerprint density at radius 3 is 3.00 bits per heavy atom. The number of para-hydroxylation sites is 1. The molecular weight excluding hydrogens is 354 g/mol. The fraction of sp³-hybridized carbons (Fsp3) is 0.0667. The number of aromatic amines is 1. The lowest BCUT2D eigenvalue weighted by atomic mass is 10.1. The van der Waals surface area contributed by atoms with Crippen LogP contribution in [0.15, 0.2) is 47.2 Å². The summed E-state index contributed by atoms with van der Waals surface area (Å²) in [6.07, 6.45) is 3.69. The summed E-state index contributed by atoms with van der Waals surface area (Å²) in [6, 6.07) is 9.62. The fourth-order valence-electron chi connectivity index (χ4n) is 2.15. The molecule has 0 radical (unpaired) electrons. The first kappa shape index (κ1) is 14.1. The molecule has 0 unspecified atom stereocenters. The minimum Gasteiger partial charge on any atom is -0.361 e. The summed E-state index contributed by atoms with van der Waals surface area (Å²) in [5.41, 5.74) is 2.59. The number of rotatable bonds is 3. The minimum atomic E-state index is -0.101. The molecule has 0 bridgehead atoms. The predicted molar refractivity (Wildman–Crippen MR) is 87.6 cm³/mol. The van der Waals surface area contributed by atoms with Crippen molar-refractivity contribution in [3.05, 3.63) is 57.9 Å². The van der Waals surface area contributed by atoms with E-state index >= 15 is 0 Å². The molecule has 1 amide bonds. The Bertz CT molecular complexity index is 816. The number of nitrogens with one attached hydrogen (secondary N) is 2. The summed E-state index contributed by atoms with van der Waals surface area (Å²) in [4.78, 5) is 19.3. The molecule has 0 atom stereocenters. The second-order valence-corrected chi connectivity index (χ2v) is 5.79. The zero-order valence-electron chi connectivity index (χ0n) is 10.9. The maximum absolute atomic E-state index is 12.1. The maximum Gasteiger partial charge on any atom is 0.228 e. The number of hydrogen-bond donors (Lipinski definition) is 2. The van der Waals surface area contributed by atoms with Crippen molar-refractivity contribution in [3.63, 3.8) is 0 Å². The molecule has 2 aromatic heterocycles. The predicted octanol–water partition coefficient (Wildman–Crippen LogP) is 4.16. The summed E-state index contributed by atoms with van der Waals surface area (Å²) in [5.74, 6) is -0.101. The van der Waals surface area contributed by atoms with Gasteiger partial charge in [-0.1, -0.05) is 29.8 Å². The van der Waals surface area contributed by atoms with Crippen molar-refractivity contribution in [2.24, 2.45) is 0 Å². The molecule has 1 aromatic carbocycles. The number of fused-ring (bicyclic) bond motifs is 1. The molecule has 0 saturated carbocycles. The zero-order chi connectivity index (χ0) is 14.8. The summed E-state index contributed by atoms with van der Waals surface area (Å²) in [5, 5.41) is 4.23. The number of benzene rings is 1. The lowest BCUT2D eigenvalue weighted by molar-refractivity contribution is -0.115. The number of halogens is 2. The number of hydrogen-bond acceptors (Lipinski definition) is 2. The van der Waals surface area contributed by atoms with Gasteiger partial charge in [-0.05, 0) is 33.6 Å². The molecule has 0 aliphatic carbocycles. The molecule has 106 valence electrons. The topological polar surface area (TPSA) is 57.8 Å². The molecule has 4 nitrogen and oxygen atoms in total. The van der Waals surface area contributed by atoms with Crippen LogP contribution in [-0.4, -0.2) is 15.9 Å². The first-order valence-electron chi connectivity index (χ1n) is 6.29. The third kappa shape index (κ3) is 3.09. The molecule has 0 fully saturated rings. The highest BCUT2D eigenvalue weighted by Gasteiger charge is 2.09. The third-order valence-corrected chi connectivity index (χ3v) is 4.24. The van der Waals surface area contributed by atoms with E-state index in [1.165, 1.54) is 6.20 Å². The van der Waals surface area contributed by atoms with Crippen LogP contribution in [0, 0.1) is 0 Å². The van der Waals surface area contributed by atoms with Crippen LogP contribution in [0.1, 0.15) is 5.56 Å². The van der Waals surface area contributed by atoms with Crippen LogP contribution < -0.4 is 5.32 Å². The van der Waals surface area contributed by atoms with Gasteiger partial charge in [0.1, 0.15) is 5.15 Å². The number of amides is 1. The van der Waals surface area contributed by atoms with E-state index in [-0.39, 0.29) is 5.91 Å². The van der Waals surface area contributed by atoms with Crippen LogP contribution in [0.3, 0.4) is 0 Å². The van der Waals surface area contributed by atoms with E-state index in [1.54, 1.807) is 6.07 Å². The van der Waals surface area contributed by atoms with E-state index in [4.69, 9.17) is 11.6 Å². The van der Waals surface area contributed by atoms with Crippen LogP contribution in [0.2, 0.25) is 5.15 Å². The minimum absolute atomic E-state index is 0.101. The second kappa shape index (κ2) is 5.87. The van der Waals surface area contributed by atoms with Crippen molar-refractivity contribution in [1.82, 2.24) is 9.97 Å². The summed E-state index contributed by atoms with van der Waals surface area (Å²) in [6.45, 7) is 0. The van der Waals surface area contributed by atoms with Gasteiger partial charge in [-0.3, -0.25) is 4.79 Å². The molecule has 21 heavy (non-hydrogen) atoms. The normalized spacial score (nSPS) is 10.8. The molecule has 0 aliphatic heterocycles. The SMILES string of the molecule is O=C(Cc1c[nH]c2ccccc12)Nc1cnc(Cl)c(Br)c1. The van der Waals surface area contributed by atoms with Crippen molar-refractivity contribution >= 4 is 50.0 Å². The van der Waals surface area contributed by atoms with Crippen molar-refractivity contribution < 1.29 is 4.79 Å². The number of anilines is 1. The smallest absolute Gasteiger partial charge is 0.228 e. The van der Waals surface area contributed by atoms with E-state index in [0.29, 0.717) is 21.7 Å². The average Bonchev–Trinajstić information content (AvgIpc) is 2.86. The first-order chi connectivity index (χ1) is 10.1. The van der Waals surface area contributed by atoms with Gasteiger partial charge in [0.25, 0.3) is 0 Å². The lowest BCUT2D eigenvalue weighted by Gasteiger charge is -2.05. The Morgan fingerprint density at radius 2 is 2.19 bits per heavy atom. The quantitative estimate of drug-likeness (QED) is 0.686. The Balaban J connectivity index is 1.75. The molecule has 2 N–H and O–H groups in total. The van der Waals surface area contributed by atoms with Crippen LogP contribution in [0.25, 0.3) is 10.9 Å². The van der Waals surface area contributed by atoms with Gasteiger partial charge in [0.05, 0.1) is 22.8 Å². The standard InChI is InChI=1S/C15H11BrClN3O/c16-12-6-10(8-19-15(12)17)20-14(21)5-9-7-18-13-4-2-1-3-11(9)13/h1-4,6-8,18H,5H2,(H,20,21). The number of nitrogens with zero attached hydrogens (tertiary/aromatic N) is 1. The Labute approximate surface area is 134 Å². The summed E-state index contributed by atoms with van der Waals surface area (Å²) >= 11 is 9.10. The second-order valence-electron chi connectivity index (χ2n) is 4.58. The molecule has 6 heteroatoms. The zero-order valence-corrected chi connectivity index (χ0v) is 13.2. The molecular formula is C15H11BrClN3O. The molecule has 0 saturated heterocycles. The number of carbonyl (C=O) groups excluding carboxylic acids is 1. The fourth-order valence-corrected chi connectivity index (χ4v) is 2.60. The first-order valence-corrected chi connectivity index (χ1v) is 7.46. The van der Waals surface area contributed by atoms with E-state index < -0.39 is 0 Å². The molecule has 3 rings (SSSR count). The van der Waals surface area contributed by atoms with Crippen LogP contribution in [0.5, 0.6) is 0 Å². The lowest BCUT2D eigenvalue weighted by Crippen LogP contribution is -2.14. The van der Waals surface area contributed by atoms with E-state index in [1.807, 2.05) is 30.5 Å². The van der Waals surface area contributed by atoms with Crippen molar-refractivity contribution in [3.8, 4) is 0 Å². The van der Waals surface area contributed by atoms with Crippen molar-refractivity contribution in [2.75, 3.05) is 5.32 Å². The maximum atomic E-state index is 12.1. The Hall–Kier alpha value is -1.85. The summed E-state index contributed by atoms with van der Waals surface area (Å²) in [7, 11) is 0. The van der Waals surface area contributed by atoms with Gasteiger partial charge in [0, 0.05) is 17.1 Å². The molecule has 2 heterocycles. The Morgan fingerprint density at radius 1 is 1.38 bits per heavy atom. The monoisotopic (exact) mass is 363 g/mol. The van der Waals surface area contributed by atoms with E-state index in [0.717, 1.165) is 16.5 Å². The number of aromatic nitrogens is 2. The Kier molecular flexibility index (Phi) is 3.94. The summed E-state index contributed by atoms with van der Waals surface area (Å²) < 4.78 is 0.647. The number of H-pyrrole nitrogens is 1. The third-order valence-electron chi connectivity index (χ3n) is 3.11. The highest BCUT2D eigenvalue weighted by molar-refractivity contribution is 9.10. The number of carbonyl (C=O) groups is 1. The van der Waals surface area contributed by atoms with Gasteiger partial charge < -0.3 is 10.3 Å². The van der Waals surface area contributed by atoms with Crippen molar-refractivity contribution in [2.45, 2.75) is 6.42 Å². The molecule has 3 aromatic rings. The van der Waals surface area contributed by atoms with Gasteiger partial charge in [-0.2, -0.15) is 0 Å². The van der Waals surface area contributed by atoms with E-state index in [2.05, 4.69) is 31.2 Å². The van der Waals surface area contributed by atoms with Gasteiger partial charge >= 0.3 is 0 Å². The highest BCUT2D eigenvalue weighted by atomic mass is 79.9. The van der Waals surface area contributed by atoms with Gasteiger partial charge in [-0.15, -0.1) is 0 Å². The number of pyridine rings is 1. The average molecular weight is 365 g/mol. The highest BCUT2D eigenvalue weighted by Crippen LogP contribution is 2.23. The van der Waals surface area contributed by atoms with Crippen LogP contribution >= 0.6 is 27.5 Å². The molecule has 0 aliphatic rings. The van der Waals surface area contributed by atoms with Crippen LogP contribution in [-0.2, 0) is 11.2 Å². The van der Waals surface area contributed by atoms with Gasteiger partial charge in [-0.25, -0.2) is 4.98 Å². The molecule has 0 spiro atoms. The van der Waals surface area contributed by atoms with Crippen LogP contribution in [0.4, 0.5) is 5.69 Å². The van der Waals surface area contributed by atoms with Gasteiger partial charge in [0.15, 0.2) is 0 Å².